The van der Waals surface area contributed by atoms with Gasteiger partial charge in [-0.05, 0) is 133 Å². The van der Waals surface area contributed by atoms with Crippen LogP contribution < -0.4 is 0 Å². The van der Waals surface area contributed by atoms with Gasteiger partial charge in [-0.2, -0.15) is 0 Å². The van der Waals surface area contributed by atoms with E-state index in [1.165, 1.54) is 50.1 Å². The van der Waals surface area contributed by atoms with Gasteiger partial charge in [0.2, 0.25) is 0 Å². The summed E-state index contributed by atoms with van der Waals surface area (Å²) in [4.78, 5) is 0. The Bertz CT molecular complexity index is 3050. The van der Waals surface area contributed by atoms with Crippen LogP contribution in [0.1, 0.15) is 91.5 Å². The van der Waals surface area contributed by atoms with Crippen molar-refractivity contribution in [1.82, 2.24) is 0 Å². The average molecular weight is 969 g/mol. The van der Waals surface area contributed by atoms with Gasteiger partial charge in [0, 0.05) is 0 Å². The van der Waals surface area contributed by atoms with Crippen molar-refractivity contribution in [2.24, 2.45) is 23.2 Å². The fourth-order valence-electron chi connectivity index (χ4n) is 8.72. The molecule has 0 nitrogen and oxygen atoms in total. The largest absolute Gasteiger partial charge is 0.0991 e. The first kappa shape index (κ1) is 57.1. The van der Waals surface area contributed by atoms with Crippen LogP contribution in [0.3, 0.4) is 0 Å². The van der Waals surface area contributed by atoms with E-state index in [4.69, 9.17) is 0 Å². The van der Waals surface area contributed by atoms with Crippen molar-refractivity contribution >= 4 is 22.3 Å². The van der Waals surface area contributed by atoms with Crippen LogP contribution in [0.2, 0.25) is 0 Å². The molecule has 3 unspecified atom stereocenters. The molecule has 0 N–H and O–H groups in total. The summed E-state index contributed by atoms with van der Waals surface area (Å²) in [6.07, 6.45) is 49.6. The van der Waals surface area contributed by atoms with E-state index in [0.29, 0.717) is 23.2 Å². The minimum atomic E-state index is 0.339. The molecule has 3 aliphatic rings. The van der Waals surface area contributed by atoms with Gasteiger partial charge in [-0.1, -0.05) is 317 Å². The molecule has 0 bridgehead atoms. The maximum Gasteiger partial charge on any atom is -0.00206 e. The molecular weight excluding hydrogens is 889 g/mol. The standard InChI is InChI=1S/C62H58.C7H10.C5H12/c1-8-20-52(21-9-2)60(56(10-3)49-25-13-11-14-26-49)59(47(7)48-29-17-22-44(4)32-35-48)54-38-40-55(41-39-54)62-58(51-31-19-24-46(6)34-37-51)43-42-57(50-30-18-23-45(5)33-36-50)61(62)53-27-15-12-16-28-53;1-4-6-7(3)5-2;1-5(2,3)4/h8-46H,1,3H2,2,4-7H3;4-6H,1-2H2,3H3;1-4H3/b21-9-,52-20+,59-47+,60-56+;7-6-;. The molecule has 0 aliphatic heterocycles. The number of allylic oxidation sites excluding steroid dienone is 32. The van der Waals surface area contributed by atoms with Crippen LogP contribution in [-0.4, -0.2) is 0 Å². The molecule has 0 aromatic heterocycles. The second-order valence-corrected chi connectivity index (χ2v) is 20.6. The predicted molar refractivity (Wildman–Crippen MR) is 332 cm³/mol. The lowest BCUT2D eigenvalue weighted by Gasteiger charge is -2.24. The first-order valence-corrected chi connectivity index (χ1v) is 26.2. The van der Waals surface area contributed by atoms with Crippen molar-refractivity contribution in [3.8, 4) is 22.3 Å². The monoisotopic (exact) mass is 969 g/mol. The van der Waals surface area contributed by atoms with E-state index >= 15 is 0 Å². The minimum absolute atomic E-state index is 0.339. The van der Waals surface area contributed by atoms with Crippen molar-refractivity contribution in [2.75, 3.05) is 0 Å². The van der Waals surface area contributed by atoms with Gasteiger partial charge in [0.1, 0.15) is 0 Å². The molecule has 4 aromatic rings. The van der Waals surface area contributed by atoms with Crippen molar-refractivity contribution < 1.29 is 0 Å². The Balaban J connectivity index is 0.000000756. The highest BCUT2D eigenvalue weighted by Gasteiger charge is 2.24. The van der Waals surface area contributed by atoms with Crippen molar-refractivity contribution in [3.05, 3.63) is 313 Å². The van der Waals surface area contributed by atoms with Crippen LogP contribution >= 0.6 is 0 Å². The summed E-state index contributed by atoms with van der Waals surface area (Å²) in [5, 5.41) is 0. The third-order valence-electron chi connectivity index (χ3n) is 12.4. The summed E-state index contributed by atoms with van der Waals surface area (Å²) in [6.45, 7) is 37.4. The maximum atomic E-state index is 4.42. The molecule has 0 saturated carbocycles. The quantitative estimate of drug-likeness (QED) is 0.111. The zero-order valence-electron chi connectivity index (χ0n) is 46.1. The van der Waals surface area contributed by atoms with Gasteiger partial charge in [-0.15, -0.1) is 0 Å². The lowest BCUT2D eigenvalue weighted by molar-refractivity contribution is 0.469. The van der Waals surface area contributed by atoms with Crippen molar-refractivity contribution in [2.45, 2.75) is 69.2 Å². The summed E-state index contributed by atoms with van der Waals surface area (Å²) < 4.78 is 0. The molecule has 0 heteroatoms. The second-order valence-electron chi connectivity index (χ2n) is 20.6. The molecule has 3 atom stereocenters. The van der Waals surface area contributed by atoms with Crippen molar-refractivity contribution in [1.29, 1.82) is 0 Å². The molecular formula is C74H80. The molecule has 0 spiro atoms. The van der Waals surface area contributed by atoms with Gasteiger partial charge in [-0.25, -0.2) is 0 Å². The molecule has 0 saturated heterocycles. The van der Waals surface area contributed by atoms with E-state index < -0.39 is 0 Å². The Hall–Kier alpha value is -7.80. The fourth-order valence-corrected chi connectivity index (χ4v) is 8.72. The summed E-state index contributed by atoms with van der Waals surface area (Å²) in [5.74, 6) is 1.05. The minimum Gasteiger partial charge on any atom is -0.0991 e. The van der Waals surface area contributed by atoms with Crippen LogP contribution in [0.5, 0.6) is 0 Å². The maximum absolute atomic E-state index is 4.42. The normalized spacial score (nSPS) is 18.1. The highest BCUT2D eigenvalue weighted by atomic mass is 14.3. The lowest BCUT2D eigenvalue weighted by Crippen LogP contribution is -2.03. The van der Waals surface area contributed by atoms with Crippen LogP contribution in [0.15, 0.2) is 291 Å². The Morgan fingerprint density at radius 1 is 0.514 bits per heavy atom. The fraction of sp³-hybridized carbons (Fsp3) is 0.189. The molecule has 74 heavy (non-hydrogen) atoms. The molecule has 3 aliphatic carbocycles. The smallest absolute Gasteiger partial charge is 0.00206 e. The van der Waals surface area contributed by atoms with E-state index in [1.54, 1.807) is 12.2 Å². The number of hydrogen-bond donors (Lipinski definition) is 0. The first-order chi connectivity index (χ1) is 35.6. The zero-order chi connectivity index (χ0) is 53.6. The first-order valence-electron chi connectivity index (χ1n) is 26.2. The summed E-state index contributed by atoms with van der Waals surface area (Å²) in [6, 6.07) is 35.4. The van der Waals surface area contributed by atoms with Crippen LogP contribution in [0.25, 0.3) is 44.5 Å². The van der Waals surface area contributed by atoms with Gasteiger partial charge in [-0.3, -0.25) is 0 Å². The van der Waals surface area contributed by atoms with Gasteiger partial charge < -0.3 is 0 Å². The third kappa shape index (κ3) is 16.4. The lowest BCUT2D eigenvalue weighted by atomic mass is 9.80. The number of hydrogen-bond acceptors (Lipinski definition) is 0. The summed E-state index contributed by atoms with van der Waals surface area (Å²) >= 11 is 0. The highest BCUT2D eigenvalue weighted by Crippen LogP contribution is 2.46. The van der Waals surface area contributed by atoms with Crippen LogP contribution in [0.4, 0.5) is 0 Å². The number of benzene rings is 4. The molecule has 7 rings (SSSR count). The average Bonchev–Trinajstić information content (AvgIpc) is 3.86. The van der Waals surface area contributed by atoms with Gasteiger partial charge in [0.25, 0.3) is 0 Å². The molecule has 4 aromatic carbocycles. The van der Waals surface area contributed by atoms with Crippen LogP contribution in [-0.2, 0) is 0 Å². The third-order valence-corrected chi connectivity index (χ3v) is 12.4. The van der Waals surface area contributed by atoms with Gasteiger partial charge in [0.05, 0.1) is 0 Å². The summed E-state index contributed by atoms with van der Waals surface area (Å²) in [5.41, 5.74) is 20.1. The zero-order valence-corrected chi connectivity index (χ0v) is 46.1. The predicted octanol–water partition coefficient (Wildman–Crippen LogP) is 21.5. The topological polar surface area (TPSA) is 0 Å². The molecule has 376 valence electrons. The van der Waals surface area contributed by atoms with E-state index in [0.717, 1.165) is 44.6 Å². The van der Waals surface area contributed by atoms with Gasteiger partial charge in [0.15, 0.2) is 0 Å². The second kappa shape index (κ2) is 28.4. The van der Waals surface area contributed by atoms with E-state index in [1.807, 2.05) is 25.2 Å². The Morgan fingerprint density at radius 3 is 1.45 bits per heavy atom. The number of rotatable bonds is 14. The molecule has 0 radical (unpaired) electrons. The van der Waals surface area contributed by atoms with Crippen molar-refractivity contribution in [3.63, 3.8) is 0 Å². The summed E-state index contributed by atoms with van der Waals surface area (Å²) in [7, 11) is 0. The van der Waals surface area contributed by atoms with Gasteiger partial charge >= 0.3 is 0 Å². The SMILES string of the molecule is C=C/C=C(/C)C=C.C=C/C=C(\C=C/C)C(=C(/C=C)c1ccccc1)/C(=C(\C)C1=CC=CC(C)C=C1)c1ccc(-c2c(C3=CC=CC(C)C=C3)ccc(C3=CC=CC(C)C=C3)c2-c2ccccc2)cc1.CC(C)(C)C. The van der Waals surface area contributed by atoms with E-state index in [9.17, 15) is 0 Å². The van der Waals surface area contributed by atoms with E-state index in [2.05, 4.69) is 295 Å². The highest BCUT2D eigenvalue weighted by molar-refractivity contribution is 6.03. The van der Waals surface area contributed by atoms with E-state index in [-0.39, 0.29) is 0 Å². The Kier molecular flexibility index (Phi) is 21.9. The molecule has 0 amide bonds. The molecule has 0 heterocycles. The Morgan fingerprint density at radius 2 is 0.986 bits per heavy atom. The van der Waals surface area contributed by atoms with Crippen LogP contribution in [0, 0.1) is 23.2 Å². The Labute approximate surface area is 447 Å². The molecule has 0 fully saturated rings.